The predicted molar refractivity (Wildman–Crippen MR) is 58.9 cm³/mol. The van der Waals surface area contributed by atoms with Crippen LogP contribution in [-0.2, 0) is 6.54 Å². The van der Waals surface area contributed by atoms with E-state index in [1.54, 1.807) is 28.0 Å². The lowest BCUT2D eigenvalue weighted by Gasteiger charge is -2.29. The maximum absolute atomic E-state index is 12.5. The van der Waals surface area contributed by atoms with Crippen LogP contribution in [-0.4, -0.2) is 51.2 Å². The number of aromatic nitrogens is 2. The smallest absolute Gasteiger partial charge is 0.382 e. The van der Waals surface area contributed by atoms with E-state index in [0.717, 1.165) is 0 Å². The van der Waals surface area contributed by atoms with E-state index in [0.29, 0.717) is 32.5 Å². The van der Waals surface area contributed by atoms with Crippen LogP contribution in [0.2, 0.25) is 0 Å². The number of alkyl halides is 3. The fraction of sp³-hybridized carbons (Fsp3) is 0.727. The molecule has 102 valence electrons. The van der Waals surface area contributed by atoms with Crippen LogP contribution in [0.3, 0.4) is 0 Å². The van der Waals surface area contributed by atoms with Gasteiger partial charge in [0.05, 0.1) is 6.54 Å². The first kappa shape index (κ1) is 13.4. The number of likely N-dealkylation sites (tertiary alicyclic amines) is 1. The molecular formula is C11H16F3N3O. The van der Waals surface area contributed by atoms with Gasteiger partial charge in [-0.15, -0.1) is 0 Å². The number of hydrogen-bond acceptors (Lipinski definition) is 3. The molecule has 1 N–H and O–H groups in total. The lowest BCUT2D eigenvalue weighted by molar-refractivity contribution is -0.219. The average molecular weight is 263 g/mol. The van der Waals surface area contributed by atoms with Crippen LogP contribution in [0.25, 0.3) is 0 Å². The topological polar surface area (TPSA) is 41.3 Å². The molecule has 1 aromatic heterocycles. The Labute approximate surface area is 103 Å². The molecule has 0 amide bonds. The molecule has 2 atom stereocenters. The maximum atomic E-state index is 12.5. The summed E-state index contributed by atoms with van der Waals surface area (Å²) in [7, 11) is 0. The Morgan fingerprint density at radius 1 is 1.39 bits per heavy atom. The summed E-state index contributed by atoms with van der Waals surface area (Å²) in [5, 5.41) is 13.3. The zero-order valence-electron chi connectivity index (χ0n) is 9.85. The van der Waals surface area contributed by atoms with Crippen LogP contribution in [0, 0.1) is 0 Å². The summed E-state index contributed by atoms with van der Waals surface area (Å²) >= 11 is 0. The van der Waals surface area contributed by atoms with Crippen molar-refractivity contribution in [3.63, 3.8) is 0 Å². The molecule has 0 spiro atoms. The number of aliphatic hydroxyl groups is 1. The van der Waals surface area contributed by atoms with E-state index in [9.17, 15) is 18.3 Å². The van der Waals surface area contributed by atoms with Crippen molar-refractivity contribution in [1.82, 2.24) is 14.7 Å². The average Bonchev–Trinajstić information content (AvgIpc) is 2.95. The zero-order chi connectivity index (χ0) is 13.2. The Bertz CT molecular complexity index is 366. The molecule has 0 radical (unpaired) electrons. The molecule has 0 bridgehead atoms. The van der Waals surface area contributed by atoms with Crippen LogP contribution in [0.1, 0.15) is 12.8 Å². The SMILES string of the molecule is O[C@@H]([C@@H]1CCCN1CCn1cccn1)C(F)(F)F. The van der Waals surface area contributed by atoms with Crippen LogP contribution in [0.4, 0.5) is 13.2 Å². The molecule has 0 aromatic carbocycles. The van der Waals surface area contributed by atoms with Crippen LogP contribution < -0.4 is 0 Å². The van der Waals surface area contributed by atoms with Gasteiger partial charge >= 0.3 is 6.18 Å². The van der Waals surface area contributed by atoms with Gasteiger partial charge < -0.3 is 5.11 Å². The number of aliphatic hydroxyl groups excluding tert-OH is 1. The molecule has 0 unspecified atom stereocenters. The molecule has 1 aromatic rings. The molecule has 18 heavy (non-hydrogen) atoms. The van der Waals surface area contributed by atoms with E-state index in [-0.39, 0.29) is 0 Å². The summed E-state index contributed by atoms with van der Waals surface area (Å²) in [5.41, 5.74) is 0. The first-order valence-corrected chi connectivity index (χ1v) is 5.95. The van der Waals surface area contributed by atoms with Gasteiger partial charge in [-0.1, -0.05) is 0 Å². The Balaban J connectivity index is 1.91. The minimum Gasteiger partial charge on any atom is -0.382 e. The highest BCUT2D eigenvalue weighted by molar-refractivity contribution is 4.88. The largest absolute Gasteiger partial charge is 0.415 e. The molecular weight excluding hydrogens is 247 g/mol. The van der Waals surface area contributed by atoms with Crippen molar-refractivity contribution in [1.29, 1.82) is 0 Å². The second-order valence-corrected chi connectivity index (χ2v) is 4.50. The lowest BCUT2D eigenvalue weighted by Crippen LogP contribution is -2.47. The summed E-state index contributed by atoms with van der Waals surface area (Å²) in [6, 6.07) is 0.951. The summed E-state index contributed by atoms with van der Waals surface area (Å²) in [6.07, 6.45) is -2.31. The standard InChI is InChI=1S/C11H16F3N3O/c12-11(13,14)10(18)9-3-1-5-16(9)7-8-17-6-2-4-15-17/h2,4,6,9-10,18H,1,3,5,7-8H2/t9-,10-/m0/s1. The van der Waals surface area contributed by atoms with Gasteiger partial charge in [-0.2, -0.15) is 18.3 Å². The number of rotatable bonds is 4. The van der Waals surface area contributed by atoms with Gasteiger partial charge in [0, 0.05) is 25.0 Å². The van der Waals surface area contributed by atoms with Crippen LogP contribution in [0.5, 0.6) is 0 Å². The molecule has 4 nitrogen and oxygen atoms in total. The van der Waals surface area contributed by atoms with Crippen molar-refractivity contribution >= 4 is 0 Å². The fourth-order valence-corrected chi connectivity index (χ4v) is 2.37. The zero-order valence-corrected chi connectivity index (χ0v) is 9.85. The Morgan fingerprint density at radius 2 is 2.17 bits per heavy atom. The quantitative estimate of drug-likeness (QED) is 0.889. The minimum absolute atomic E-state index is 0.389. The first-order chi connectivity index (χ1) is 8.48. The van der Waals surface area contributed by atoms with Crippen molar-refractivity contribution in [2.24, 2.45) is 0 Å². The van der Waals surface area contributed by atoms with Gasteiger partial charge in [-0.3, -0.25) is 9.58 Å². The van der Waals surface area contributed by atoms with Crippen molar-refractivity contribution in [3.8, 4) is 0 Å². The monoisotopic (exact) mass is 263 g/mol. The van der Waals surface area contributed by atoms with Gasteiger partial charge in [-0.05, 0) is 25.5 Å². The molecule has 1 aliphatic heterocycles. The normalized spacial score (nSPS) is 23.4. The highest BCUT2D eigenvalue weighted by Crippen LogP contribution is 2.30. The van der Waals surface area contributed by atoms with Crippen molar-refractivity contribution < 1.29 is 18.3 Å². The second-order valence-electron chi connectivity index (χ2n) is 4.50. The fourth-order valence-electron chi connectivity index (χ4n) is 2.37. The van der Waals surface area contributed by atoms with Crippen LogP contribution >= 0.6 is 0 Å². The Morgan fingerprint density at radius 3 is 2.78 bits per heavy atom. The molecule has 1 aliphatic rings. The summed E-state index contributed by atoms with van der Waals surface area (Å²) in [5.74, 6) is 0. The maximum Gasteiger partial charge on any atom is 0.415 e. The van der Waals surface area contributed by atoms with E-state index in [1.165, 1.54) is 0 Å². The van der Waals surface area contributed by atoms with Crippen molar-refractivity contribution in [3.05, 3.63) is 18.5 Å². The highest BCUT2D eigenvalue weighted by Gasteiger charge is 2.46. The highest BCUT2D eigenvalue weighted by atomic mass is 19.4. The third-order valence-electron chi connectivity index (χ3n) is 3.29. The molecule has 1 fully saturated rings. The van der Waals surface area contributed by atoms with Gasteiger partial charge in [0.1, 0.15) is 0 Å². The van der Waals surface area contributed by atoms with Crippen LogP contribution in [0.15, 0.2) is 18.5 Å². The Kier molecular flexibility index (Phi) is 3.91. The number of hydrogen-bond donors (Lipinski definition) is 1. The first-order valence-electron chi connectivity index (χ1n) is 5.95. The molecule has 2 rings (SSSR count). The van der Waals surface area contributed by atoms with E-state index in [1.807, 2.05) is 0 Å². The second kappa shape index (κ2) is 5.27. The number of nitrogens with zero attached hydrogens (tertiary/aromatic N) is 3. The summed E-state index contributed by atoms with van der Waals surface area (Å²) in [4.78, 5) is 1.69. The summed E-state index contributed by atoms with van der Waals surface area (Å²) < 4.78 is 39.2. The third-order valence-corrected chi connectivity index (χ3v) is 3.29. The molecule has 0 aliphatic carbocycles. The summed E-state index contributed by atoms with van der Waals surface area (Å²) in [6.45, 7) is 1.60. The van der Waals surface area contributed by atoms with E-state index in [2.05, 4.69) is 5.10 Å². The predicted octanol–water partition coefficient (Wildman–Crippen LogP) is 1.27. The lowest BCUT2D eigenvalue weighted by atomic mass is 10.1. The van der Waals surface area contributed by atoms with Crippen molar-refractivity contribution in [2.75, 3.05) is 13.1 Å². The van der Waals surface area contributed by atoms with Gasteiger partial charge in [0.15, 0.2) is 6.10 Å². The number of halogens is 3. The molecule has 7 heteroatoms. The van der Waals surface area contributed by atoms with Gasteiger partial charge in [0.25, 0.3) is 0 Å². The minimum atomic E-state index is -4.54. The van der Waals surface area contributed by atoms with E-state index < -0.39 is 18.3 Å². The molecule has 1 saturated heterocycles. The van der Waals surface area contributed by atoms with Gasteiger partial charge in [0.2, 0.25) is 0 Å². The van der Waals surface area contributed by atoms with E-state index in [4.69, 9.17) is 0 Å². The molecule has 0 saturated carbocycles. The van der Waals surface area contributed by atoms with Crippen molar-refractivity contribution in [2.45, 2.75) is 37.7 Å². The van der Waals surface area contributed by atoms with Gasteiger partial charge in [-0.25, -0.2) is 0 Å². The molecule has 2 heterocycles. The third kappa shape index (κ3) is 3.02. The Hall–Kier alpha value is -1.08. The van der Waals surface area contributed by atoms with E-state index >= 15 is 0 Å².